The van der Waals surface area contributed by atoms with Gasteiger partial charge < -0.3 is 9.84 Å². The molecule has 2 aromatic carbocycles. The number of benzene rings is 2. The van der Waals surface area contributed by atoms with Crippen LogP contribution in [0.5, 0.6) is 11.5 Å². The van der Waals surface area contributed by atoms with Gasteiger partial charge in [0.05, 0.1) is 0 Å². The molecule has 0 radical (unpaired) electrons. The highest BCUT2D eigenvalue weighted by atomic mass is 19.1. The van der Waals surface area contributed by atoms with Gasteiger partial charge >= 0.3 is 0 Å². The zero-order chi connectivity index (χ0) is 16.8. The first-order chi connectivity index (χ1) is 11.7. The number of likely N-dealkylation sites (tertiary alicyclic amines) is 1. The molecule has 0 saturated carbocycles. The van der Waals surface area contributed by atoms with Crippen LogP contribution in [0.1, 0.15) is 18.4 Å². The Morgan fingerprint density at radius 3 is 2.46 bits per heavy atom. The number of nitrogens with zero attached hydrogens (tertiary/aromatic N) is 1. The second kappa shape index (κ2) is 8.15. The second-order valence-corrected chi connectivity index (χ2v) is 6.43. The minimum Gasteiger partial charge on any atom is -0.504 e. The van der Waals surface area contributed by atoms with Gasteiger partial charge in [0, 0.05) is 6.54 Å². The third-order valence-corrected chi connectivity index (χ3v) is 4.68. The lowest BCUT2D eigenvalue weighted by Gasteiger charge is -2.31. The lowest BCUT2D eigenvalue weighted by atomic mass is 9.90. The van der Waals surface area contributed by atoms with Crippen LogP contribution in [0.15, 0.2) is 48.5 Å². The molecule has 0 spiro atoms. The fourth-order valence-corrected chi connectivity index (χ4v) is 3.23. The van der Waals surface area contributed by atoms with E-state index in [2.05, 4.69) is 4.90 Å². The molecule has 1 fully saturated rings. The van der Waals surface area contributed by atoms with E-state index in [1.165, 1.54) is 5.56 Å². The number of rotatable bonds is 6. The van der Waals surface area contributed by atoms with Crippen LogP contribution in [-0.2, 0) is 6.42 Å². The monoisotopic (exact) mass is 329 g/mol. The molecule has 0 aliphatic carbocycles. The van der Waals surface area contributed by atoms with Crippen LogP contribution in [0.3, 0.4) is 0 Å². The molecule has 3 nitrogen and oxygen atoms in total. The van der Waals surface area contributed by atoms with Crippen LogP contribution >= 0.6 is 0 Å². The molecule has 2 aromatic rings. The number of hydrogen-bond acceptors (Lipinski definition) is 3. The van der Waals surface area contributed by atoms with Gasteiger partial charge in [0.1, 0.15) is 12.4 Å². The molecule has 0 amide bonds. The smallest absolute Gasteiger partial charge is 0.160 e. The number of phenolic OH excluding ortho intramolecular Hbond substituents is 1. The Morgan fingerprint density at radius 1 is 1.04 bits per heavy atom. The Bertz CT molecular complexity index is 636. The van der Waals surface area contributed by atoms with Crippen LogP contribution < -0.4 is 4.74 Å². The van der Waals surface area contributed by atoms with Crippen LogP contribution in [0.25, 0.3) is 0 Å². The van der Waals surface area contributed by atoms with Crippen molar-refractivity contribution in [2.45, 2.75) is 19.3 Å². The van der Waals surface area contributed by atoms with E-state index in [0.29, 0.717) is 18.3 Å². The summed E-state index contributed by atoms with van der Waals surface area (Å²) in [6.07, 6.45) is 3.35. The van der Waals surface area contributed by atoms with Crippen molar-refractivity contribution < 1.29 is 14.2 Å². The third-order valence-electron chi connectivity index (χ3n) is 4.68. The summed E-state index contributed by atoms with van der Waals surface area (Å²) in [5, 5.41) is 9.68. The molecular weight excluding hydrogens is 305 g/mol. The van der Waals surface area contributed by atoms with Gasteiger partial charge in [0.25, 0.3) is 0 Å². The van der Waals surface area contributed by atoms with Crippen LogP contribution in [0, 0.1) is 11.7 Å². The Labute approximate surface area is 142 Å². The maximum atomic E-state index is 12.9. The number of para-hydroxylation sites is 2. The minimum absolute atomic E-state index is 0.168. The standard InChI is InChI=1S/C20H24FNO2/c21-18-7-5-16(6-8-18)15-17-9-11-22(12-10-17)13-14-24-20-4-2-1-3-19(20)23/h1-8,17,23H,9-15H2. The molecule has 1 aliphatic heterocycles. The lowest BCUT2D eigenvalue weighted by Crippen LogP contribution is -2.37. The summed E-state index contributed by atoms with van der Waals surface area (Å²) in [7, 11) is 0. The number of piperidine rings is 1. The van der Waals surface area contributed by atoms with Gasteiger partial charge in [-0.05, 0) is 68.1 Å². The second-order valence-electron chi connectivity index (χ2n) is 6.43. The highest BCUT2D eigenvalue weighted by molar-refractivity contribution is 5.37. The summed E-state index contributed by atoms with van der Waals surface area (Å²) < 4.78 is 18.6. The van der Waals surface area contributed by atoms with E-state index >= 15 is 0 Å². The van der Waals surface area contributed by atoms with Crippen molar-refractivity contribution in [1.82, 2.24) is 4.90 Å². The maximum absolute atomic E-state index is 12.9. The Hall–Kier alpha value is -2.07. The zero-order valence-electron chi connectivity index (χ0n) is 13.8. The van der Waals surface area contributed by atoms with Gasteiger partial charge in [-0.3, -0.25) is 4.90 Å². The summed E-state index contributed by atoms with van der Waals surface area (Å²) in [4.78, 5) is 2.40. The Balaban J connectivity index is 1.37. The molecule has 24 heavy (non-hydrogen) atoms. The van der Waals surface area contributed by atoms with Crippen molar-refractivity contribution in [2.24, 2.45) is 5.92 Å². The highest BCUT2D eigenvalue weighted by Crippen LogP contribution is 2.25. The lowest BCUT2D eigenvalue weighted by molar-refractivity contribution is 0.153. The van der Waals surface area contributed by atoms with E-state index in [9.17, 15) is 9.50 Å². The van der Waals surface area contributed by atoms with Crippen LogP contribution in [0.2, 0.25) is 0 Å². The van der Waals surface area contributed by atoms with Crippen molar-refractivity contribution in [3.8, 4) is 11.5 Å². The number of aromatic hydroxyl groups is 1. The molecule has 0 unspecified atom stereocenters. The molecule has 1 aliphatic rings. The van der Waals surface area contributed by atoms with E-state index in [4.69, 9.17) is 4.74 Å². The molecule has 0 atom stereocenters. The largest absolute Gasteiger partial charge is 0.504 e. The summed E-state index contributed by atoms with van der Waals surface area (Å²) in [5.74, 6) is 1.24. The quantitative estimate of drug-likeness (QED) is 0.873. The fraction of sp³-hybridized carbons (Fsp3) is 0.400. The summed E-state index contributed by atoms with van der Waals surface area (Å²) in [5.41, 5.74) is 1.22. The van der Waals surface area contributed by atoms with E-state index < -0.39 is 0 Å². The van der Waals surface area contributed by atoms with E-state index in [-0.39, 0.29) is 11.6 Å². The van der Waals surface area contributed by atoms with E-state index in [1.807, 2.05) is 18.2 Å². The van der Waals surface area contributed by atoms with Crippen LogP contribution in [-0.4, -0.2) is 36.2 Å². The number of phenols is 1. The fourth-order valence-electron chi connectivity index (χ4n) is 3.23. The van der Waals surface area contributed by atoms with Crippen molar-refractivity contribution >= 4 is 0 Å². The Morgan fingerprint density at radius 2 is 1.75 bits per heavy atom. The number of hydrogen-bond donors (Lipinski definition) is 1. The number of ether oxygens (including phenoxy) is 1. The first-order valence-electron chi connectivity index (χ1n) is 8.58. The van der Waals surface area contributed by atoms with E-state index in [1.54, 1.807) is 30.3 Å². The molecule has 0 aromatic heterocycles. The van der Waals surface area contributed by atoms with Gasteiger partial charge in [-0.2, -0.15) is 0 Å². The van der Waals surface area contributed by atoms with Crippen molar-refractivity contribution in [1.29, 1.82) is 0 Å². The normalized spacial score (nSPS) is 16.2. The van der Waals surface area contributed by atoms with Crippen molar-refractivity contribution in [3.63, 3.8) is 0 Å². The molecule has 3 rings (SSSR count). The summed E-state index contributed by atoms with van der Waals surface area (Å²) >= 11 is 0. The average molecular weight is 329 g/mol. The predicted octanol–water partition coefficient (Wildman–Crippen LogP) is 3.86. The minimum atomic E-state index is -0.168. The highest BCUT2D eigenvalue weighted by Gasteiger charge is 2.19. The Kier molecular flexibility index (Phi) is 5.70. The first kappa shape index (κ1) is 16.8. The van der Waals surface area contributed by atoms with Gasteiger partial charge in [-0.15, -0.1) is 0 Å². The SMILES string of the molecule is Oc1ccccc1OCCN1CCC(Cc2ccc(F)cc2)CC1. The summed E-state index contributed by atoms with van der Waals surface area (Å²) in [6.45, 7) is 3.59. The summed E-state index contributed by atoms with van der Waals surface area (Å²) in [6, 6.07) is 13.9. The molecule has 1 saturated heterocycles. The van der Waals surface area contributed by atoms with E-state index in [0.717, 1.165) is 38.9 Å². The van der Waals surface area contributed by atoms with Crippen molar-refractivity contribution in [2.75, 3.05) is 26.2 Å². The maximum Gasteiger partial charge on any atom is 0.160 e. The molecule has 1 N–H and O–H groups in total. The van der Waals surface area contributed by atoms with Crippen molar-refractivity contribution in [3.05, 3.63) is 59.9 Å². The molecule has 1 heterocycles. The van der Waals surface area contributed by atoms with Gasteiger partial charge in [0.15, 0.2) is 11.5 Å². The first-order valence-corrected chi connectivity index (χ1v) is 8.58. The zero-order valence-corrected chi connectivity index (χ0v) is 13.8. The average Bonchev–Trinajstić information content (AvgIpc) is 2.60. The molecule has 4 heteroatoms. The third kappa shape index (κ3) is 4.71. The van der Waals surface area contributed by atoms with Gasteiger partial charge in [-0.1, -0.05) is 24.3 Å². The van der Waals surface area contributed by atoms with Gasteiger partial charge in [-0.25, -0.2) is 4.39 Å². The molecule has 0 bridgehead atoms. The molecular formula is C20H24FNO2. The van der Waals surface area contributed by atoms with Crippen LogP contribution in [0.4, 0.5) is 4.39 Å². The number of halogens is 1. The predicted molar refractivity (Wildman–Crippen MR) is 92.9 cm³/mol. The molecule has 128 valence electrons. The van der Waals surface area contributed by atoms with Gasteiger partial charge in [0.2, 0.25) is 0 Å². The topological polar surface area (TPSA) is 32.7 Å².